The van der Waals surface area contributed by atoms with Crippen LogP contribution < -0.4 is 10.1 Å². The summed E-state index contributed by atoms with van der Waals surface area (Å²) in [6, 6.07) is 8.73. The van der Waals surface area contributed by atoms with Crippen LogP contribution in [0.5, 0.6) is 5.75 Å². The Balaban J connectivity index is 2.02. The van der Waals surface area contributed by atoms with Gasteiger partial charge in [0.25, 0.3) is 0 Å². The minimum atomic E-state index is 0.455. The highest BCUT2D eigenvalue weighted by atomic mass is 32.2. The summed E-state index contributed by atoms with van der Waals surface area (Å²) in [4.78, 5) is 1.20. The molecule has 1 aromatic rings. The fourth-order valence-electron chi connectivity index (χ4n) is 2.27. The second kappa shape index (κ2) is 7.78. The van der Waals surface area contributed by atoms with Crippen LogP contribution in [0.25, 0.3) is 0 Å². The summed E-state index contributed by atoms with van der Waals surface area (Å²) in [5, 5.41) is 4.09. The van der Waals surface area contributed by atoms with Crippen molar-refractivity contribution < 1.29 is 9.47 Å². The number of hydrogen-bond acceptors (Lipinski definition) is 4. The highest BCUT2D eigenvalue weighted by Crippen LogP contribution is 2.35. The number of methoxy groups -OCH3 is 1. The van der Waals surface area contributed by atoms with Gasteiger partial charge < -0.3 is 14.8 Å². The van der Waals surface area contributed by atoms with Gasteiger partial charge >= 0.3 is 0 Å². The molecular formula is C15H23NO2S. The molecule has 1 aliphatic heterocycles. The van der Waals surface area contributed by atoms with Gasteiger partial charge in [0, 0.05) is 22.8 Å². The summed E-state index contributed by atoms with van der Waals surface area (Å²) in [6.07, 6.45) is 2.26. The van der Waals surface area contributed by atoms with Gasteiger partial charge in [-0.1, -0.05) is 19.1 Å². The maximum atomic E-state index is 5.64. The maximum Gasteiger partial charge on any atom is 0.132 e. The molecule has 3 nitrogen and oxygen atoms in total. The Morgan fingerprint density at radius 1 is 1.42 bits per heavy atom. The van der Waals surface area contributed by atoms with Gasteiger partial charge in [-0.05, 0) is 31.5 Å². The third-order valence-corrected chi connectivity index (χ3v) is 4.67. The van der Waals surface area contributed by atoms with Crippen LogP contribution in [0.15, 0.2) is 29.2 Å². The van der Waals surface area contributed by atoms with Gasteiger partial charge in [-0.3, -0.25) is 0 Å². The Hall–Kier alpha value is -0.710. The van der Waals surface area contributed by atoms with Crippen molar-refractivity contribution in [2.45, 2.75) is 36.0 Å². The molecule has 1 saturated heterocycles. The molecule has 0 amide bonds. The van der Waals surface area contributed by atoms with Crippen molar-refractivity contribution in [2.75, 3.05) is 26.9 Å². The summed E-state index contributed by atoms with van der Waals surface area (Å²) in [7, 11) is 1.73. The molecule has 1 heterocycles. The monoisotopic (exact) mass is 281 g/mol. The van der Waals surface area contributed by atoms with E-state index in [2.05, 4.69) is 24.4 Å². The van der Waals surface area contributed by atoms with Gasteiger partial charge in [-0.15, -0.1) is 11.8 Å². The van der Waals surface area contributed by atoms with Crippen LogP contribution in [0.2, 0.25) is 0 Å². The highest BCUT2D eigenvalue weighted by Gasteiger charge is 2.26. The number of thioether (sulfide) groups is 1. The number of hydrogen-bond donors (Lipinski definition) is 1. The Bertz CT molecular complexity index is 386. The SMILES string of the molecule is CCCNC1CCOCC1Sc1ccccc1OC. The van der Waals surface area contributed by atoms with Gasteiger partial charge in [0.15, 0.2) is 0 Å². The molecule has 0 saturated carbocycles. The summed E-state index contributed by atoms with van der Waals surface area (Å²) >= 11 is 1.86. The first-order valence-electron chi connectivity index (χ1n) is 6.96. The lowest BCUT2D eigenvalue weighted by atomic mass is 10.1. The molecule has 106 valence electrons. The molecule has 0 spiro atoms. The third-order valence-electron chi connectivity index (χ3n) is 3.31. The molecule has 0 aliphatic carbocycles. The van der Waals surface area contributed by atoms with E-state index in [1.807, 2.05) is 23.9 Å². The van der Waals surface area contributed by atoms with Crippen molar-refractivity contribution in [1.82, 2.24) is 5.32 Å². The first kappa shape index (κ1) is 14.7. The molecule has 0 radical (unpaired) electrons. The molecule has 1 fully saturated rings. The van der Waals surface area contributed by atoms with Gasteiger partial charge in [0.1, 0.15) is 5.75 Å². The predicted molar refractivity (Wildman–Crippen MR) is 80.2 cm³/mol. The molecule has 2 rings (SSSR count). The maximum absolute atomic E-state index is 5.64. The van der Waals surface area contributed by atoms with Gasteiger partial charge in [-0.2, -0.15) is 0 Å². The Labute approximate surface area is 120 Å². The van der Waals surface area contributed by atoms with Crippen LogP contribution in [-0.4, -0.2) is 38.2 Å². The summed E-state index contributed by atoms with van der Waals surface area (Å²) < 4.78 is 11.1. The highest BCUT2D eigenvalue weighted by molar-refractivity contribution is 8.00. The summed E-state index contributed by atoms with van der Waals surface area (Å²) in [5.74, 6) is 0.951. The Morgan fingerprint density at radius 2 is 2.26 bits per heavy atom. The minimum absolute atomic E-state index is 0.455. The van der Waals surface area contributed by atoms with Crippen LogP contribution in [0, 0.1) is 0 Å². The average Bonchev–Trinajstić information content (AvgIpc) is 2.47. The molecule has 1 aliphatic rings. The summed E-state index contributed by atoms with van der Waals surface area (Å²) in [6.45, 7) is 4.96. The lowest BCUT2D eigenvalue weighted by molar-refractivity contribution is 0.0833. The second-order valence-electron chi connectivity index (χ2n) is 4.73. The predicted octanol–water partition coefficient (Wildman–Crippen LogP) is 2.94. The van der Waals surface area contributed by atoms with E-state index in [1.54, 1.807) is 7.11 Å². The summed E-state index contributed by atoms with van der Waals surface area (Å²) in [5.41, 5.74) is 0. The number of benzene rings is 1. The zero-order valence-electron chi connectivity index (χ0n) is 11.7. The van der Waals surface area contributed by atoms with Crippen molar-refractivity contribution in [3.8, 4) is 5.75 Å². The van der Waals surface area contributed by atoms with Gasteiger partial charge in [-0.25, -0.2) is 0 Å². The molecular weight excluding hydrogens is 258 g/mol. The van der Waals surface area contributed by atoms with Gasteiger partial charge in [0.2, 0.25) is 0 Å². The molecule has 1 aromatic carbocycles. The quantitative estimate of drug-likeness (QED) is 0.868. The minimum Gasteiger partial charge on any atom is -0.496 e. The zero-order chi connectivity index (χ0) is 13.5. The lowest BCUT2D eigenvalue weighted by Crippen LogP contribution is -2.45. The first-order chi connectivity index (χ1) is 9.35. The van der Waals surface area contributed by atoms with Crippen molar-refractivity contribution in [3.63, 3.8) is 0 Å². The van der Waals surface area contributed by atoms with Crippen LogP contribution in [0.3, 0.4) is 0 Å². The number of ether oxygens (including phenoxy) is 2. The number of para-hydroxylation sites is 1. The van der Waals surface area contributed by atoms with Crippen LogP contribution >= 0.6 is 11.8 Å². The van der Waals surface area contributed by atoms with Crippen LogP contribution in [0.1, 0.15) is 19.8 Å². The Morgan fingerprint density at radius 3 is 3.05 bits per heavy atom. The second-order valence-corrected chi connectivity index (χ2v) is 6.01. The smallest absolute Gasteiger partial charge is 0.132 e. The molecule has 4 heteroatoms. The van der Waals surface area contributed by atoms with E-state index in [9.17, 15) is 0 Å². The fraction of sp³-hybridized carbons (Fsp3) is 0.600. The average molecular weight is 281 g/mol. The molecule has 2 atom stereocenters. The normalized spacial score (nSPS) is 23.3. The largest absolute Gasteiger partial charge is 0.496 e. The third kappa shape index (κ3) is 4.13. The fourth-order valence-corrected chi connectivity index (χ4v) is 3.58. The lowest BCUT2D eigenvalue weighted by Gasteiger charge is -2.32. The van der Waals surface area contributed by atoms with E-state index in [0.29, 0.717) is 11.3 Å². The topological polar surface area (TPSA) is 30.5 Å². The van der Waals surface area contributed by atoms with E-state index >= 15 is 0 Å². The Kier molecular flexibility index (Phi) is 6.01. The van der Waals surface area contributed by atoms with E-state index in [4.69, 9.17) is 9.47 Å². The van der Waals surface area contributed by atoms with E-state index in [1.165, 1.54) is 11.3 Å². The molecule has 0 aromatic heterocycles. The van der Waals surface area contributed by atoms with E-state index in [-0.39, 0.29) is 0 Å². The van der Waals surface area contributed by atoms with Gasteiger partial charge in [0.05, 0.1) is 13.7 Å². The molecule has 2 unspecified atom stereocenters. The zero-order valence-corrected chi connectivity index (χ0v) is 12.5. The van der Waals surface area contributed by atoms with Crippen molar-refractivity contribution in [1.29, 1.82) is 0 Å². The molecule has 19 heavy (non-hydrogen) atoms. The van der Waals surface area contributed by atoms with Crippen molar-refractivity contribution >= 4 is 11.8 Å². The van der Waals surface area contributed by atoms with E-state index in [0.717, 1.165) is 31.9 Å². The van der Waals surface area contributed by atoms with E-state index < -0.39 is 0 Å². The van der Waals surface area contributed by atoms with Crippen LogP contribution in [0.4, 0.5) is 0 Å². The number of nitrogens with one attached hydrogen (secondary N) is 1. The standard InChI is InChI=1S/C15H23NO2S/c1-3-9-16-12-8-10-18-11-15(12)19-14-7-5-4-6-13(14)17-2/h4-7,12,15-16H,3,8-11H2,1-2H3. The molecule has 0 bridgehead atoms. The van der Waals surface area contributed by atoms with Crippen LogP contribution in [-0.2, 0) is 4.74 Å². The number of rotatable bonds is 6. The van der Waals surface area contributed by atoms with Crippen molar-refractivity contribution in [2.24, 2.45) is 0 Å². The first-order valence-corrected chi connectivity index (χ1v) is 7.84. The van der Waals surface area contributed by atoms with Crippen molar-refractivity contribution in [3.05, 3.63) is 24.3 Å². The molecule has 1 N–H and O–H groups in total.